The molecule has 0 heterocycles. The minimum Gasteiger partial charge on any atom is -0.493 e. The molecule has 0 saturated heterocycles. The quantitative estimate of drug-likeness (QED) is 0.0968. The third kappa shape index (κ3) is 12.1. The number of aryl methyl sites for hydroxylation is 1. The van der Waals surface area contributed by atoms with Gasteiger partial charge in [0.2, 0.25) is 11.8 Å². The standard InChI is InChI=1S/C37H53IN2O7/c1-4-5-6-7-8-9-10-11-12-13-34(43)40(24-27-16-14-26(2)15-17-27)31-22-29(37(45)39-18-19-41)23-32(35(31)44)47-36-30(38)20-28(25-42)21-33(36)46-3/h14-17,20-21,23,31-32,35,41-42,44H,4-13,18-19,22,24-25H2,1-3H3,(H,39,45)/t31-,32+,35+/m1/s1. The summed E-state index contributed by atoms with van der Waals surface area (Å²) in [5.74, 6) is 0.289. The predicted octanol–water partition coefficient (Wildman–Crippen LogP) is 5.97. The molecule has 0 bridgehead atoms. The van der Waals surface area contributed by atoms with Crippen molar-refractivity contribution in [2.24, 2.45) is 0 Å². The van der Waals surface area contributed by atoms with Gasteiger partial charge in [-0.1, -0.05) is 88.1 Å². The van der Waals surface area contributed by atoms with Crippen LogP contribution in [0.5, 0.6) is 11.5 Å². The number of unbranched alkanes of at least 4 members (excludes halogenated alkanes) is 8. The molecule has 2 aromatic rings. The van der Waals surface area contributed by atoms with Gasteiger partial charge in [-0.15, -0.1) is 0 Å². The molecule has 0 unspecified atom stereocenters. The number of rotatable bonds is 20. The fourth-order valence-electron chi connectivity index (χ4n) is 5.91. The van der Waals surface area contributed by atoms with Crippen molar-refractivity contribution in [2.75, 3.05) is 20.3 Å². The molecule has 9 nitrogen and oxygen atoms in total. The number of hydrogen-bond acceptors (Lipinski definition) is 7. The number of ether oxygens (including phenoxy) is 2. The molecule has 0 aromatic heterocycles. The van der Waals surface area contributed by atoms with Crippen LogP contribution in [0.4, 0.5) is 0 Å². The second kappa shape index (κ2) is 20.6. The summed E-state index contributed by atoms with van der Waals surface area (Å²) < 4.78 is 12.6. The van der Waals surface area contributed by atoms with Gasteiger partial charge < -0.3 is 35.0 Å². The maximum absolute atomic E-state index is 14.0. The van der Waals surface area contributed by atoms with E-state index in [2.05, 4.69) is 34.8 Å². The average Bonchev–Trinajstić information content (AvgIpc) is 3.07. The van der Waals surface area contributed by atoms with E-state index in [-0.39, 0.29) is 44.5 Å². The molecule has 0 fully saturated rings. The maximum Gasteiger partial charge on any atom is 0.247 e. The summed E-state index contributed by atoms with van der Waals surface area (Å²) in [4.78, 5) is 28.9. The van der Waals surface area contributed by atoms with Crippen LogP contribution in [0.25, 0.3) is 0 Å². The topological polar surface area (TPSA) is 129 Å². The van der Waals surface area contributed by atoms with Crippen molar-refractivity contribution in [1.82, 2.24) is 10.2 Å². The minimum atomic E-state index is -1.15. The number of aliphatic hydroxyl groups excluding tert-OH is 3. The highest BCUT2D eigenvalue weighted by Crippen LogP contribution is 2.37. The lowest BCUT2D eigenvalue weighted by Crippen LogP contribution is -2.54. The van der Waals surface area contributed by atoms with Crippen molar-refractivity contribution in [3.63, 3.8) is 0 Å². The zero-order valence-corrected chi connectivity index (χ0v) is 30.3. The Morgan fingerprint density at radius 2 is 1.64 bits per heavy atom. The molecule has 1 aliphatic rings. The van der Waals surface area contributed by atoms with Gasteiger partial charge >= 0.3 is 0 Å². The van der Waals surface area contributed by atoms with Crippen molar-refractivity contribution in [3.8, 4) is 11.5 Å². The highest BCUT2D eigenvalue weighted by atomic mass is 127. The average molecular weight is 765 g/mol. The Hall–Kier alpha value is -2.67. The zero-order valence-electron chi connectivity index (χ0n) is 28.2. The van der Waals surface area contributed by atoms with Gasteiger partial charge in [-0.25, -0.2) is 0 Å². The van der Waals surface area contributed by atoms with E-state index in [0.29, 0.717) is 32.6 Å². The van der Waals surface area contributed by atoms with Crippen molar-refractivity contribution in [1.29, 1.82) is 0 Å². The number of aliphatic hydroxyl groups is 3. The molecule has 2 aromatic carbocycles. The maximum atomic E-state index is 14.0. The largest absolute Gasteiger partial charge is 0.493 e. The minimum absolute atomic E-state index is 0.0761. The van der Waals surface area contributed by atoms with Crippen LogP contribution in [0.15, 0.2) is 48.0 Å². The molecule has 1 aliphatic carbocycles. The summed E-state index contributed by atoms with van der Waals surface area (Å²) in [6.45, 7) is 4.20. The Kier molecular flexibility index (Phi) is 17.0. The molecular weight excluding hydrogens is 711 g/mol. The van der Waals surface area contributed by atoms with E-state index in [9.17, 15) is 24.9 Å². The number of nitrogens with zero attached hydrogens (tertiary/aromatic N) is 1. The van der Waals surface area contributed by atoms with Gasteiger partial charge in [0.15, 0.2) is 11.5 Å². The Morgan fingerprint density at radius 3 is 2.26 bits per heavy atom. The summed E-state index contributed by atoms with van der Waals surface area (Å²) in [7, 11) is 1.50. The van der Waals surface area contributed by atoms with Crippen LogP contribution in [0.1, 0.15) is 94.2 Å². The van der Waals surface area contributed by atoms with E-state index in [1.54, 1.807) is 23.1 Å². The van der Waals surface area contributed by atoms with E-state index in [0.717, 1.165) is 30.4 Å². The van der Waals surface area contributed by atoms with Crippen LogP contribution in [0.3, 0.4) is 0 Å². The SMILES string of the molecule is CCCCCCCCCCCC(=O)N(Cc1ccc(C)cc1)[C@@H]1CC(C(=O)NCCO)=C[C@H](Oc2c(I)cc(CO)cc2OC)[C@H]1O. The molecule has 0 aliphatic heterocycles. The monoisotopic (exact) mass is 764 g/mol. The first-order valence-electron chi connectivity index (χ1n) is 17.0. The van der Waals surface area contributed by atoms with E-state index < -0.39 is 18.2 Å². The van der Waals surface area contributed by atoms with Crippen molar-refractivity contribution in [3.05, 3.63) is 68.3 Å². The van der Waals surface area contributed by atoms with Crippen LogP contribution < -0.4 is 14.8 Å². The molecule has 0 saturated carbocycles. The van der Waals surface area contributed by atoms with Gasteiger partial charge in [-0.05, 0) is 65.3 Å². The molecule has 0 spiro atoms. The molecular formula is C37H53IN2O7. The second-order valence-electron chi connectivity index (χ2n) is 12.4. The normalized spacial score (nSPS) is 17.6. The molecule has 47 heavy (non-hydrogen) atoms. The van der Waals surface area contributed by atoms with Gasteiger partial charge in [-0.3, -0.25) is 9.59 Å². The Balaban J connectivity index is 1.87. The number of nitrogens with one attached hydrogen (secondary N) is 1. The van der Waals surface area contributed by atoms with E-state index >= 15 is 0 Å². The van der Waals surface area contributed by atoms with Crippen molar-refractivity contribution in [2.45, 2.75) is 116 Å². The van der Waals surface area contributed by atoms with E-state index in [4.69, 9.17) is 9.47 Å². The number of carbonyl (C=O) groups is 2. The van der Waals surface area contributed by atoms with Gasteiger partial charge in [-0.2, -0.15) is 0 Å². The lowest BCUT2D eigenvalue weighted by molar-refractivity contribution is -0.139. The highest BCUT2D eigenvalue weighted by Gasteiger charge is 2.41. The first-order valence-corrected chi connectivity index (χ1v) is 18.1. The highest BCUT2D eigenvalue weighted by molar-refractivity contribution is 14.1. The number of benzene rings is 2. The fourth-order valence-corrected chi connectivity index (χ4v) is 6.70. The van der Waals surface area contributed by atoms with Crippen molar-refractivity contribution < 1.29 is 34.4 Å². The smallest absolute Gasteiger partial charge is 0.247 e. The molecule has 3 atom stereocenters. The summed E-state index contributed by atoms with van der Waals surface area (Å²) >= 11 is 2.09. The first-order chi connectivity index (χ1) is 22.7. The molecule has 260 valence electrons. The number of halogens is 1. The van der Waals surface area contributed by atoms with Crippen LogP contribution in [0, 0.1) is 10.5 Å². The third-order valence-electron chi connectivity index (χ3n) is 8.63. The van der Waals surface area contributed by atoms with Crippen LogP contribution in [-0.4, -0.2) is 70.5 Å². The zero-order chi connectivity index (χ0) is 34.2. The van der Waals surface area contributed by atoms with E-state index in [1.165, 1.54) is 45.6 Å². The fraction of sp³-hybridized carbons (Fsp3) is 0.568. The number of hydrogen-bond donors (Lipinski definition) is 4. The van der Waals surface area contributed by atoms with Gasteiger partial charge in [0.05, 0.1) is 29.9 Å². The summed E-state index contributed by atoms with van der Waals surface area (Å²) in [5, 5.41) is 33.6. The van der Waals surface area contributed by atoms with Gasteiger partial charge in [0.25, 0.3) is 0 Å². The molecule has 0 radical (unpaired) electrons. The van der Waals surface area contributed by atoms with E-state index in [1.807, 2.05) is 31.2 Å². The molecule has 2 amide bonds. The van der Waals surface area contributed by atoms with Crippen LogP contribution >= 0.6 is 22.6 Å². The van der Waals surface area contributed by atoms with Gasteiger partial charge in [0, 0.05) is 31.5 Å². The second-order valence-corrected chi connectivity index (χ2v) is 13.5. The summed E-state index contributed by atoms with van der Waals surface area (Å²) in [6.07, 6.45) is 10.2. The number of carbonyl (C=O) groups excluding carboxylic acids is 2. The molecule has 10 heteroatoms. The third-order valence-corrected chi connectivity index (χ3v) is 9.43. The summed E-state index contributed by atoms with van der Waals surface area (Å²) in [6, 6.07) is 10.7. The Morgan fingerprint density at radius 1 is 0.979 bits per heavy atom. The van der Waals surface area contributed by atoms with Crippen LogP contribution in [-0.2, 0) is 22.7 Å². The number of amides is 2. The molecule has 4 N–H and O–H groups in total. The van der Waals surface area contributed by atoms with Crippen LogP contribution in [0.2, 0.25) is 0 Å². The number of methoxy groups -OCH3 is 1. The summed E-state index contributed by atoms with van der Waals surface area (Å²) in [5.41, 5.74) is 3.04. The lowest BCUT2D eigenvalue weighted by atomic mass is 9.87. The predicted molar refractivity (Wildman–Crippen MR) is 192 cm³/mol. The molecule has 3 rings (SSSR count). The van der Waals surface area contributed by atoms with Crippen molar-refractivity contribution >= 4 is 34.4 Å². The Labute approximate surface area is 293 Å². The Bertz CT molecular complexity index is 1300. The van der Waals surface area contributed by atoms with Gasteiger partial charge in [0.1, 0.15) is 12.2 Å². The lowest BCUT2D eigenvalue weighted by Gasteiger charge is -2.41. The first kappa shape index (κ1) is 38.8.